The third-order valence-corrected chi connectivity index (χ3v) is 10.3. The van der Waals surface area contributed by atoms with E-state index >= 15 is 0 Å². The van der Waals surface area contributed by atoms with E-state index < -0.39 is 6.10 Å². The highest BCUT2D eigenvalue weighted by molar-refractivity contribution is 5.70. The number of esters is 2. The second kappa shape index (κ2) is 51.9. The summed E-state index contributed by atoms with van der Waals surface area (Å²) in [6, 6.07) is 0. The van der Waals surface area contributed by atoms with Crippen LogP contribution in [0, 0.1) is 0 Å². The number of rotatable bonds is 45. The van der Waals surface area contributed by atoms with Gasteiger partial charge in [-0.25, -0.2) is 0 Å². The van der Waals surface area contributed by atoms with Crippen LogP contribution in [0.3, 0.4) is 0 Å². The molecule has 1 atom stereocenters. The van der Waals surface area contributed by atoms with Crippen LogP contribution < -0.4 is 0 Å². The maximum absolute atomic E-state index is 12.8. The Morgan fingerprint density at radius 1 is 0.371 bits per heavy atom. The van der Waals surface area contributed by atoms with Crippen molar-refractivity contribution in [1.29, 1.82) is 0 Å². The minimum atomic E-state index is -0.590. The largest absolute Gasteiger partial charge is 0.462 e. The maximum Gasteiger partial charge on any atom is 0.306 e. The molecule has 0 aliphatic rings. The zero-order chi connectivity index (χ0) is 44.9. The first-order chi connectivity index (χ1) is 30.6. The van der Waals surface area contributed by atoms with Gasteiger partial charge in [-0.15, -0.1) is 0 Å². The van der Waals surface area contributed by atoms with Gasteiger partial charge in [-0.1, -0.05) is 201 Å². The molecule has 0 saturated heterocycles. The molecule has 0 fully saturated rings. The lowest BCUT2D eigenvalue weighted by atomic mass is 10.1. The molecule has 0 N–H and O–H groups in total. The molecular formula is C57H94O5. The number of hydrogen-bond donors (Lipinski definition) is 0. The van der Waals surface area contributed by atoms with E-state index in [1.54, 1.807) is 0 Å². The fourth-order valence-electron chi connectivity index (χ4n) is 6.58. The van der Waals surface area contributed by atoms with Gasteiger partial charge in [0.15, 0.2) is 6.10 Å². The van der Waals surface area contributed by atoms with Crippen LogP contribution in [-0.2, 0) is 23.8 Å². The van der Waals surface area contributed by atoms with Crippen molar-refractivity contribution in [2.45, 2.75) is 219 Å². The average Bonchev–Trinajstić information content (AvgIpc) is 3.27. The molecule has 0 aliphatic carbocycles. The van der Waals surface area contributed by atoms with Gasteiger partial charge < -0.3 is 14.2 Å². The Morgan fingerprint density at radius 2 is 0.726 bits per heavy atom. The summed E-state index contributed by atoms with van der Waals surface area (Å²) >= 11 is 0. The second-order valence-corrected chi connectivity index (χ2v) is 16.3. The Balaban J connectivity index is 4.41. The molecule has 0 aliphatic heterocycles. The van der Waals surface area contributed by atoms with E-state index in [4.69, 9.17) is 14.2 Å². The summed E-state index contributed by atoms with van der Waals surface area (Å²) in [4.78, 5) is 25.4. The summed E-state index contributed by atoms with van der Waals surface area (Å²) in [5.74, 6) is -0.465. The lowest BCUT2D eigenvalue weighted by molar-refractivity contribution is -0.162. The SMILES string of the molecule is CC/C=C\C/C=C\C/C=C\C/C=C\C/C=C\CCOCC(COC(=O)CCCCCCCCC/C=C\C/C=C\C/C=C\CC)OC(=O)CCCCCCC/C=C\CCCCCC. The Hall–Kier alpha value is -3.44. The molecule has 0 aromatic rings. The summed E-state index contributed by atoms with van der Waals surface area (Å²) < 4.78 is 17.3. The molecule has 62 heavy (non-hydrogen) atoms. The van der Waals surface area contributed by atoms with Crippen LogP contribution in [0.15, 0.2) is 109 Å². The van der Waals surface area contributed by atoms with E-state index in [9.17, 15) is 9.59 Å². The van der Waals surface area contributed by atoms with Crippen molar-refractivity contribution in [2.75, 3.05) is 19.8 Å². The lowest BCUT2D eigenvalue weighted by Gasteiger charge is -2.18. The van der Waals surface area contributed by atoms with Crippen LogP contribution in [-0.4, -0.2) is 37.9 Å². The Bertz CT molecular complexity index is 1250. The van der Waals surface area contributed by atoms with Gasteiger partial charge >= 0.3 is 11.9 Å². The van der Waals surface area contributed by atoms with Gasteiger partial charge in [0.2, 0.25) is 0 Å². The smallest absolute Gasteiger partial charge is 0.306 e. The van der Waals surface area contributed by atoms with Gasteiger partial charge in [0.1, 0.15) is 6.61 Å². The number of allylic oxidation sites excluding steroid dienone is 17. The first kappa shape index (κ1) is 58.6. The number of carbonyl (C=O) groups is 2. The van der Waals surface area contributed by atoms with Crippen LogP contribution >= 0.6 is 0 Å². The molecule has 0 aromatic heterocycles. The van der Waals surface area contributed by atoms with Gasteiger partial charge in [-0.3, -0.25) is 9.59 Å². The van der Waals surface area contributed by atoms with Gasteiger partial charge in [-0.2, -0.15) is 0 Å². The number of ether oxygens (including phenoxy) is 3. The van der Waals surface area contributed by atoms with Crippen LogP contribution in [0.2, 0.25) is 0 Å². The normalized spacial score (nSPS) is 13.1. The van der Waals surface area contributed by atoms with E-state index in [2.05, 4.69) is 130 Å². The topological polar surface area (TPSA) is 61.8 Å². The van der Waals surface area contributed by atoms with E-state index in [-0.39, 0.29) is 25.2 Å². The Labute approximate surface area is 383 Å². The van der Waals surface area contributed by atoms with Crippen LogP contribution in [0.5, 0.6) is 0 Å². The molecule has 0 rings (SSSR count). The maximum atomic E-state index is 12.8. The van der Waals surface area contributed by atoms with Crippen LogP contribution in [0.4, 0.5) is 0 Å². The van der Waals surface area contributed by atoms with E-state index in [1.165, 1.54) is 70.6 Å². The second-order valence-electron chi connectivity index (χ2n) is 16.3. The van der Waals surface area contributed by atoms with Gasteiger partial charge in [0.25, 0.3) is 0 Å². The third kappa shape index (κ3) is 49.2. The van der Waals surface area contributed by atoms with Crippen molar-refractivity contribution in [2.24, 2.45) is 0 Å². The summed E-state index contributed by atoms with van der Waals surface area (Å²) in [5.41, 5.74) is 0. The molecule has 0 aromatic carbocycles. The molecule has 5 nitrogen and oxygen atoms in total. The summed E-state index contributed by atoms with van der Waals surface area (Å²) in [7, 11) is 0. The quantitative estimate of drug-likeness (QED) is 0.0347. The average molecular weight is 859 g/mol. The number of carbonyl (C=O) groups excluding carboxylic acids is 2. The molecule has 5 heteroatoms. The van der Waals surface area contributed by atoms with Crippen molar-refractivity contribution < 1.29 is 23.8 Å². The minimum absolute atomic E-state index is 0.0411. The fourth-order valence-corrected chi connectivity index (χ4v) is 6.58. The van der Waals surface area contributed by atoms with Crippen molar-refractivity contribution >= 4 is 11.9 Å². The first-order valence-corrected chi connectivity index (χ1v) is 25.4. The molecule has 0 saturated carbocycles. The number of hydrogen-bond acceptors (Lipinski definition) is 5. The highest BCUT2D eigenvalue weighted by Gasteiger charge is 2.17. The molecule has 0 amide bonds. The molecule has 1 unspecified atom stereocenters. The zero-order valence-corrected chi connectivity index (χ0v) is 40.3. The zero-order valence-electron chi connectivity index (χ0n) is 40.3. The predicted molar refractivity (Wildman–Crippen MR) is 269 cm³/mol. The lowest BCUT2D eigenvalue weighted by Crippen LogP contribution is -2.30. The monoisotopic (exact) mass is 859 g/mol. The van der Waals surface area contributed by atoms with Gasteiger partial charge in [-0.05, 0) is 109 Å². The van der Waals surface area contributed by atoms with E-state index in [1.807, 2.05) is 0 Å². The third-order valence-electron chi connectivity index (χ3n) is 10.3. The highest BCUT2D eigenvalue weighted by Crippen LogP contribution is 2.13. The molecule has 0 heterocycles. The summed E-state index contributed by atoms with van der Waals surface area (Å²) in [6.45, 7) is 7.35. The molecule has 0 bridgehead atoms. The van der Waals surface area contributed by atoms with Crippen molar-refractivity contribution in [1.82, 2.24) is 0 Å². The number of unbranched alkanes of at least 4 members (excludes halogenated alkanes) is 16. The van der Waals surface area contributed by atoms with E-state index in [0.717, 1.165) is 109 Å². The molecule has 352 valence electrons. The summed E-state index contributed by atoms with van der Waals surface area (Å²) in [5, 5.41) is 0. The Morgan fingerprint density at radius 3 is 1.18 bits per heavy atom. The standard InChI is InChI=1S/C57H94O5/c1-4-7-10-13-16-19-22-25-27-29-30-33-35-38-41-44-47-50-56(58)61-54-55(62-57(59)51-48-45-42-39-36-32-24-21-18-15-12-9-6-3)53-60-52-49-46-43-40-37-34-31-28-26-23-20-17-14-11-8-5-2/h7-8,10-11,16-17,19-21,24-28,34,37,43,46,55H,4-6,9,12-15,18,22-23,29-33,35-36,38-42,44-45,47-54H2,1-3H3/b10-7-,11-8-,19-16-,20-17-,24-21-,27-25-,28-26-,37-34-,46-43-. The highest BCUT2D eigenvalue weighted by atomic mass is 16.6. The van der Waals surface area contributed by atoms with Gasteiger partial charge in [0.05, 0.1) is 13.2 Å². The molecule has 0 spiro atoms. The Kier molecular flexibility index (Phi) is 49.0. The van der Waals surface area contributed by atoms with E-state index in [0.29, 0.717) is 19.4 Å². The van der Waals surface area contributed by atoms with Crippen LogP contribution in [0.1, 0.15) is 213 Å². The fraction of sp³-hybridized carbons (Fsp3) is 0.649. The van der Waals surface area contributed by atoms with Crippen molar-refractivity contribution in [3.63, 3.8) is 0 Å². The van der Waals surface area contributed by atoms with Crippen molar-refractivity contribution in [3.8, 4) is 0 Å². The summed E-state index contributed by atoms with van der Waals surface area (Å²) in [6.07, 6.45) is 71.1. The minimum Gasteiger partial charge on any atom is -0.462 e. The first-order valence-electron chi connectivity index (χ1n) is 25.4. The predicted octanol–water partition coefficient (Wildman–Crippen LogP) is 17.2. The molecular weight excluding hydrogens is 765 g/mol. The van der Waals surface area contributed by atoms with Gasteiger partial charge in [0, 0.05) is 12.8 Å². The van der Waals surface area contributed by atoms with Crippen LogP contribution in [0.25, 0.3) is 0 Å². The molecule has 0 radical (unpaired) electrons. The van der Waals surface area contributed by atoms with Crippen molar-refractivity contribution in [3.05, 3.63) is 109 Å².